The largest absolute Gasteiger partial charge is 0.335 e. The number of halogens is 6. The van der Waals surface area contributed by atoms with Crippen LogP contribution < -0.4 is 0 Å². The van der Waals surface area contributed by atoms with Gasteiger partial charge in [-0.15, -0.1) is 22.7 Å². The molecule has 0 unspecified atom stereocenters. The van der Waals surface area contributed by atoms with Gasteiger partial charge in [-0.2, -0.15) is 10.2 Å². The molecule has 0 bridgehead atoms. The Balaban J connectivity index is -0.000000488. The van der Waals surface area contributed by atoms with Crippen LogP contribution in [0.25, 0.3) is 111 Å². The van der Waals surface area contributed by atoms with Gasteiger partial charge in [0, 0.05) is 181 Å². The number of pyridine rings is 6. The van der Waals surface area contributed by atoms with Crippen LogP contribution >= 0.6 is 22.7 Å². The molecule has 0 amide bonds. The second-order valence-electron chi connectivity index (χ2n) is 24.4. The second kappa shape index (κ2) is 74.6. The topological polar surface area (TPSA) is 271 Å². The van der Waals surface area contributed by atoms with E-state index in [9.17, 15) is 26.3 Å². The summed E-state index contributed by atoms with van der Waals surface area (Å²) < 4.78 is 85.7. The van der Waals surface area contributed by atoms with Crippen molar-refractivity contribution in [3.05, 3.63) is 257 Å². The average molecular weight is 1910 g/mol. The van der Waals surface area contributed by atoms with E-state index >= 15 is 0 Å². The van der Waals surface area contributed by atoms with Gasteiger partial charge in [0.05, 0.1) is 101 Å². The number of aryl methyl sites for hydroxylation is 7. The van der Waals surface area contributed by atoms with E-state index in [-0.39, 0.29) is 79.6 Å². The summed E-state index contributed by atoms with van der Waals surface area (Å²) in [5, 5.41) is 14.5. The van der Waals surface area contributed by atoms with Crippen molar-refractivity contribution >= 4 is 122 Å². The number of fused-ring (bicyclic) bond motifs is 6. The molecule has 0 aromatic carbocycles. The molecule has 1 aliphatic heterocycles. The maximum absolute atomic E-state index is 13.2. The first kappa shape index (κ1) is 134. The lowest BCUT2D eigenvalue weighted by molar-refractivity contribution is 0.621. The average Bonchev–Trinajstić information content (AvgIpc) is 1.63. The summed E-state index contributed by atoms with van der Waals surface area (Å²) in [5.74, 6) is 1.06. The molecule has 18 radical (unpaired) electrons. The predicted molar refractivity (Wildman–Crippen MR) is 570 cm³/mol. The Kier molecular flexibility index (Phi) is 72.4. The summed E-state index contributed by atoms with van der Waals surface area (Å²) in [6.07, 6.45) is 26.6. The molecule has 0 saturated heterocycles. The van der Waals surface area contributed by atoms with Crippen LogP contribution in [0.2, 0.25) is 0 Å². The number of nitrogens with zero attached hydrogens (tertiary/aromatic N) is 23. The van der Waals surface area contributed by atoms with Crippen molar-refractivity contribution in [3.63, 3.8) is 0 Å². The number of aliphatic imine (C=N–C) groups is 1. The Morgan fingerprint density at radius 3 is 1.13 bits per heavy atom. The molecule has 18 heterocycles. The highest BCUT2D eigenvalue weighted by Gasteiger charge is 2.22. The molecule has 1 aliphatic rings. The maximum atomic E-state index is 13.2. The van der Waals surface area contributed by atoms with Gasteiger partial charge in [0.25, 0.3) is 0 Å². The highest BCUT2D eigenvalue weighted by atomic mass is 32.1. The second-order valence-corrected chi connectivity index (χ2v) is 26.2. The van der Waals surface area contributed by atoms with E-state index in [0.717, 1.165) is 133 Å². The SMILES string of the molecule is CC.CC.CC.CC.CC.CC.CC.CC.CC.CC.CC.CCc1cc(-c2cncc(F)c2)nc2ccnn12.CCc1nc(-c2cncc(F)c2)nc2c1CN=C2C.CCc1nc(-c2cncc(F)c2)nc2c1ccn2C.CCc1nc(-c2cncc(F)c2)nc2ccnn12.CCc1nc(-c2cncc(F)c2)nc2ccsc12.CCc1nc(-c2cncc(F)c2)nc2sccc12.[B].[B].[B].[B].[B].[B]. The Hall–Kier alpha value is -12.5. The molecule has 18 rings (SSSR count). The third-order valence-electron chi connectivity index (χ3n) is 17.1. The number of hydrogen-bond acceptors (Lipinski definition) is 22. The molecule has 0 N–H and O–H groups in total. The van der Waals surface area contributed by atoms with E-state index in [1.165, 1.54) is 67.4 Å². The molecular formula is C101H133B6F6N23S2. The van der Waals surface area contributed by atoms with Crippen molar-refractivity contribution < 1.29 is 26.3 Å². The van der Waals surface area contributed by atoms with Crippen LogP contribution in [0, 0.1) is 34.9 Å². The maximum Gasteiger partial charge on any atom is 0.165 e. The van der Waals surface area contributed by atoms with Crippen LogP contribution in [0.4, 0.5) is 26.3 Å². The predicted octanol–water partition coefficient (Wildman–Crippen LogP) is 25.6. The Morgan fingerprint density at radius 1 is 0.333 bits per heavy atom. The zero-order valence-electron chi connectivity index (χ0n) is 86.0. The van der Waals surface area contributed by atoms with Crippen LogP contribution in [0.5, 0.6) is 0 Å². The lowest BCUT2D eigenvalue weighted by Gasteiger charge is -2.08. The molecular weight excluding hydrogens is 1780 g/mol. The summed E-state index contributed by atoms with van der Waals surface area (Å²) in [6.45, 7) is 58.8. The van der Waals surface area contributed by atoms with Gasteiger partial charge in [0.2, 0.25) is 0 Å². The first-order valence-electron chi connectivity index (χ1n) is 45.9. The molecule has 0 atom stereocenters. The van der Waals surface area contributed by atoms with Crippen molar-refractivity contribution in [2.24, 2.45) is 12.0 Å². The van der Waals surface area contributed by atoms with E-state index in [1.54, 1.807) is 87.3 Å². The van der Waals surface area contributed by atoms with Crippen molar-refractivity contribution in [1.29, 1.82) is 0 Å². The van der Waals surface area contributed by atoms with Crippen molar-refractivity contribution in [1.82, 2.24) is 109 Å². The van der Waals surface area contributed by atoms with E-state index in [2.05, 4.69) is 107 Å². The minimum absolute atomic E-state index is 0. The highest BCUT2D eigenvalue weighted by molar-refractivity contribution is 7.17. The number of aromatic nitrogens is 22. The third kappa shape index (κ3) is 37.8. The Morgan fingerprint density at radius 2 is 0.703 bits per heavy atom. The van der Waals surface area contributed by atoms with Gasteiger partial charge in [-0.25, -0.2) is 90.2 Å². The molecule has 0 spiro atoms. The number of hydrogen-bond donors (Lipinski definition) is 0. The van der Waals surface area contributed by atoms with Crippen molar-refractivity contribution in [2.45, 2.75) is 246 Å². The summed E-state index contributed by atoms with van der Waals surface area (Å²) in [6, 6.07) is 19.9. The molecule has 0 aliphatic carbocycles. The highest BCUT2D eigenvalue weighted by Crippen LogP contribution is 2.31. The van der Waals surface area contributed by atoms with Crippen molar-refractivity contribution in [3.8, 4) is 68.2 Å². The first-order chi connectivity index (χ1) is 64.5. The quantitative estimate of drug-likeness (QED) is 0.0812. The zero-order chi connectivity index (χ0) is 99.0. The zero-order valence-corrected chi connectivity index (χ0v) is 87.7. The van der Waals surface area contributed by atoms with E-state index in [4.69, 9.17) is 0 Å². The van der Waals surface area contributed by atoms with Gasteiger partial charge < -0.3 is 4.57 Å². The Bertz CT molecular complexity index is 5730. The van der Waals surface area contributed by atoms with Crippen LogP contribution in [0.1, 0.15) is 246 Å². The van der Waals surface area contributed by atoms with E-state index < -0.39 is 5.82 Å². The van der Waals surface area contributed by atoms with Gasteiger partial charge >= 0.3 is 0 Å². The summed E-state index contributed by atoms with van der Waals surface area (Å²) in [5.41, 5.74) is 15.4. The molecule has 23 nitrogen and oxygen atoms in total. The third-order valence-corrected chi connectivity index (χ3v) is 18.8. The van der Waals surface area contributed by atoms with Gasteiger partial charge in [-0.05, 0) is 110 Å². The molecule has 0 saturated carbocycles. The van der Waals surface area contributed by atoms with Gasteiger partial charge in [0.15, 0.2) is 40.4 Å². The molecule has 17 aromatic heterocycles. The summed E-state index contributed by atoms with van der Waals surface area (Å²) in [7, 11) is 1.93. The van der Waals surface area contributed by atoms with E-state index in [1.807, 2.05) is 253 Å². The monoisotopic (exact) mass is 1910 g/mol. The standard InChI is InChI=1S/2C14H13FN4.C13H11FN4.2C13H10FN3S.C12H10FN5.11C2H6.6B/c1-3-12-11-7-17-8(2)13(11)19-14(18-12)9-4-10(15)6-16-5-9;1-3-12-11-4-5-19(2)14(11)18-13(17-12)9-6-10(15)8-16-7-9;1-2-11-6-12(9-5-10(14)8-15-7-9)17-13-3-4-16-18(11)13;1-2-11-10-3-4-18-13(10)17-12(16-11)8-5-9(14)7-15-6-8;1-2-10-12-11(3-4-18-12)17-13(16-10)8-5-9(14)7-15-6-8;1-2-10-16-12(8-5-9(13)7-14-6-8)17-11-3-4-15-18(10)11;11*1-2;;;;;;/h4-6H,3,7H2,1-2H3;4-8H,3H2,1-2H3;3-8H,2H2,1H3;3*3-7H,2H2,1H3;11*1-2H3;;;;;;. The fourth-order valence-corrected chi connectivity index (χ4v) is 13.4. The van der Waals surface area contributed by atoms with Crippen molar-refractivity contribution in [2.75, 3.05) is 0 Å². The number of thiophene rings is 2. The van der Waals surface area contributed by atoms with Crippen LogP contribution in [-0.2, 0) is 52.1 Å². The molecule has 724 valence electrons. The molecule has 37 heteroatoms. The minimum Gasteiger partial charge on any atom is -0.335 e. The van der Waals surface area contributed by atoms with E-state index in [0.29, 0.717) is 80.4 Å². The summed E-state index contributed by atoms with van der Waals surface area (Å²) in [4.78, 5) is 77.4. The lowest BCUT2D eigenvalue weighted by Crippen LogP contribution is -2.06. The van der Waals surface area contributed by atoms with Crippen LogP contribution in [-0.4, -0.2) is 165 Å². The Labute approximate surface area is 834 Å². The van der Waals surface area contributed by atoms with Gasteiger partial charge in [-0.3, -0.25) is 34.9 Å². The van der Waals surface area contributed by atoms with Crippen LogP contribution in [0.15, 0.2) is 182 Å². The lowest BCUT2D eigenvalue weighted by atomic mass is 10.1. The normalized spacial score (nSPS) is 9.58. The molecule has 17 aromatic rings. The molecule has 138 heavy (non-hydrogen) atoms. The fourth-order valence-electron chi connectivity index (χ4n) is 11.7. The smallest absolute Gasteiger partial charge is 0.165 e. The first-order valence-corrected chi connectivity index (χ1v) is 47.7. The summed E-state index contributed by atoms with van der Waals surface area (Å²) >= 11 is 3.20. The molecule has 0 fully saturated rings. The number of rotatable bonds is 12. The van der Waals surface area contributed by atoms with Gasteiger partial charge in [0.1, 0.15) is 51.2 Å². The van der Waals surface area contributed by atoms with Crippen LogP contribution in [0.3, 0.4) is 0 Å². The van der Waals surface area contributed by atoms with Gasteiger partial charge in [-0.1, -0.05) is 194 Å². The minimum atomic E-state index is -0.400. The fraction of sp³-hybridized carbons (Fsp3) is 0.366.